The largest absolute Gasteiger partial charge is 0.455 e. The van der Waals surface area contributed by atoms with Gasteiger partial charge in [0.25, 0.3) is 11.1 Å². The van der Waals surface area contributed by atoms with Crippen LogP contribution in [-0.2, 0) is 19.1 Å². The molecule has 1 aliphatic rings. The lowest BCUT2D eigenvalue weighted by Crippen LogP contribution is -2.38. The molecule has 3 amide bonds. The van der Waals surface area contributed by atoms with Crippen molar-refractivity contribution >= 4 is 46.5 Å². The number of ether oxygens (including phenoxy) is 1. The van der Waals surface area contributed by atoms with Crippen LogP contribution in [0.5, 0.6) is 0 Å². The summed E-state index contributed by atoms with van der Waals surface area (Å²) >= 11 is 2.27. The number of nitrogens with zero attached hydrogens (tertiary/aromatic N) is 1. The fourth-order valence-corrected chi connectivity index (χ4v) is 3.27. The van der Waals surface area contributed by atoms with E-state index < -0.39 is 11.9 Å². The highest BCUT2D eigenvalue weighted by Crippen LogP contribution is 2.18. The van der Waals surface area contributed by atoms with Crippen LogP contribution in [0.25, 0.3) is 0 Å². The summed E-state index contributed by atoms with van der Waals surface area (Å²) in [5, 5.41) is 2.19. The molecule has 7 nitrogen and oxygen atoms in total. The molecule has 1 fully saturated rings. The monoisotopic (exact) mass is 368 g/mol. The molecular formula is C15H16N2O5S2. The van der Waals surface area contributed by atoms with Gasteiger partial charge >= 0.3 is 5.97 Å². The Bertz CT molecular complexity index is 608. The van der Waals surface area contributed by atoms with Crippen molar-refractivity contribution in [2.45, 2.75) is 4.90 Å². The number of amides is 3. The average molecular weight is 368 g/mol. The molecule has 1 aromatic rings. The van der Waals surface area contributed by atoms with E-state index in [1.807, 2.05) is 30.3 Å². The molecule has 0 saturated carbocycles. The van der Waals surface area contributed by atoms with Crippen molar-refractivity contribution in [3.63, 3.8) is 0 Å². The molecule has 1 N–H and O–H groups in total. The van der Waals surface area contributed by atoms with Crippen LogP contribution in [0.4, 0.5) is 4.79 Å². The molecule has 1 aliphatic heterocycles. The van der Waals surface area contributed by atoms with E-state index in [4.69, 9.17) is 4.74 Å². The molecule has 0 unspecified atom stereocenters. The highest BCUT2D eigenvalue weighted by Gasteiger charge is 2.29. The number of esters is 1. The van der Waals surface area contributed by atoms with Crippen LogP contribution in [0.3, 0.4) is 0 Å². The van der Waals surface area contributed by atoms with Gasteiger partial charge in [0.05, 0.1) is 11.5 Å². The number of carbonyl (C=O) groups excluding carboxylic acids is 4. The molecule has 2 rings (SSSR count). The number of thioether (sulfide) groups is 2. The Morgan fingerprint density at radius 1 is 1.25 bits per heavy atom. The van der Waals surface area contributed by atoms with Gasteiger partial charge in [0.15, 0.2) is 6.61 Å². The van der Waals surface area contributed by atoms with E-state index in [2.05, 4.69) is 5.32 Å². The zero-order chi connectivity index (χ0) is 17.4. The molecule has 0 atom stereocenters. The smallest absolute Gasteiger partial charge is 0.316 e. The van der Waals surface area contributed by atoms with Crippen LogP contribution >= 0.6 is 23.5 Å². The summed E-state index contributed by atoms with van der Waals surface area (Å²) in [6, 6.07) is 9.38. The van der Waals surface area contributed by atoms with Crippen molar-refractivity contribution < 1.29 is 23.9 Å². The molecule has 24 heavy (non-hydrogen) atoms. The van der Waals surface area contributed by atoms with Gasteiger partial charge in [-0.3, -0.25) is 24.1 Å². The van der Waals surface area contributed by atoms with Gasteiger partial charge in [-0.05, 0) is 12.1 Å². The third-order valence-electron chi connectivity index (χ3n) is 2.96. The molecule has 1 saturated heterocycles. The fraction of sp³-hybridized carbons (Fsp3) is 0.333. The fourth-order valence-electron chi connectivity index (χ4n) is 1.80. The van der Waals surface area contributed by atoms with Gasteiger partial charge in [0.1, 0.15) is 0 Å². The topological polar surface area (TPSA) is 92.8 Å². The number of imide groups is 1. The Hall–Kier alpha value is -2.00. The zero-order valence-electron chi connectivity index (χ0n) is 12.7. The summed E-state index contributed by atoms with van der Waals surface area (Å²) < 4.78 is 4.87. The van der Waals surface area contributed by atoms with Gasteiger partial charge in [-0.1, -0.05) is 30.0 Å². The molecule has 128 valence electrons. The molecule has 1 aromatic carbocycles. The third-order valence-corrected chi connectivity index (χ3v) is 4.81. The normalized spacial score (nSPS) is 13.9. The van der Waals surface area contributed by atoms with Crippen LogP contribution in [-0.4, -0.2) is 59.1 Å². The number of hydrogen-bond donors (Lipinski definition) is 1. The number of rotatable bonds is 8. The Balaban J connectivity index is 1.58. The molecule has 0 aliphatic carbocycles. The summed E-state index contributed by atoms with van der Waals surface area (Å²) in [7, 11) is 0. The number of carbonyl (C=O) groups is 4. The van der Waals surface area contributed by atoms with E-state index in [-0.39, 0.29) is 42.3 Å². The number of hydrogen-bond acceptors (Lipinski definition) is 7. The highest BCUT2D eigenvalue weighted by molar-refractivity contribution is 8.14. The summed E-state index contributed by atoms with van der Waals surface area (Å²) in [4.78, 5) is 47.9. The van der Waals surface area contributed by atoms with Crippen LogP contribution in [0.15, 0.2) is 35.2 Å². The quantitative estimate of drug-likeness (QED) is 0.543. The Labute approximate surface area is 147 Å². The first-order valence-corrected chi connectivity index (χ1v) is 9.10. The molecule has 1 heterocycles. The molecule has 9 heteroatoms. The highest BCUT2D eigenvalue weighted by atomic mass is 32.2. The van der Waals surface area contributed by atoms with Crippen molar-refractivity contribution in [3.8, 4) is 0 Å². The van der Waals surface area contributed by atoms with Gasteiger partial charge in [0, 0.05) is 18.0 Å². The van der Waals surface area contributed by atoms with Crippen molar-refractivity contribution in [1.29, 1.82) is 0 Å². The molecule has 0 spiro atoms. The van der Waals surface area contributed by atoms with Crippen molar-refractivity contribution in [2.24, 2.45) is 0 Å². The maximum absolute atomic E-state index is 11.6. The van der Waals surface area contributed by atoms with Gasteiger partial charge in [-0.15, -0.1) is 11.8 Å². The van der Waals surface area contributed by atoms with E-state index in [0.717, 1.165) is 21.6 Å². The first-order chi connectivity index (χ1) is 11.6. The van der Waals surface area contributed by atoms with Gasteiger partial charge < -0.3 is 10.1 Å². The summed E-state index contributed by atoms with van der Waals surface area (Å²) in [5.74, 6) is -0.960. The first-order valence-electron chi connectivity index (χ1n) is 7.13. The van der Waals surface area contributed by atoms with Crippen LogP contribution < -0.4 is 5.32 Å². The summed E-state index contributed by atoms with van der Waals surface area (Å²) in [5.41, 5.74) is 0. The van der Waals surface area contributed by atoms with Crippen LogP contribution in [0, 0.1) is 0 Å². The SMILES string of the molecule is O=C(COC(=O)CSc1ccccc1)NCCN1C(=O)CSC1=O. The van der Waals surface area contributed by atoms with E-state index in [1.54, 1.807) is 0 Å². The van der Waals surface area contributed by atoms with Crippen molar-refractivity contribution in [2.75, 3.05) is 31.2 Å². The van der Waals surface area contributed by atoms with E-state index in [1.165, 1.54) is 11.8 Å². The zero-order valence-corrected chi connectivity index (χ0v) is 14.4. The predicted octanol–water partition coefficient (Wildman–Crippen LogP) is 1.13. The van der Waals surface area contributed by atoms with Crippen LogP contribution in [0.1, 0.15) is 0 Å². The maximum Gasteiger partial charge on any atom is 0.316 e. The van der Waals surface area contributed by atoms with E-state index >= 15 is 0 Å². The average Bonchev–Trinajstić information content (AvgIpc) is 2.91. The minimum Gasteiger partial charge on any atom is -0.455 e. The van der Waals surface area contributed by atoms with Crippen molar-refractivity contribution in [1.82, 2.24) is 10.2 Å². The molecular weight excluding hydrogens is 352 g/mol. The molecule has 0 radical (unpaired) electrons. The second-order valence-corrected chi connectivity index (χ2v) is 6.69. The second-order valence-electron chi connectivity index (χ2n) is 4.71. The predicted molar refractivity (Wildman–Crippen MR) is 90.7 cm³/mol. The maximum atomic E-state index is 11.6. The lowest BCUT2D eigenvalue weighted by molar-refractivity contribution is -0.145. The number of nitrogens with one attached hydrogen (secondary N) is 1. The lowest BCUT2D eigenvalue weighted by Gasteiger charge is -2.13. The van der Waals surface area contributed by atoms with Gasteiger partial charge in [-0.25, -0.2) is 0 Å². The molecule has 0 aromatic heterocycles. The number of benzene rings is 1. The van der Waals surface area contributed by atoms with Gasteiger partial charge in [-0.2, -0.15) is 0 Å². The Morgan fingerprint density at radius 3 is 2.67 bits per heavy atom. The summed E-state index contributed by atoms with van der Waals surface area (Å²) in [6.07, 6.45) is 0. The van der Waals surface area contributed by atoms with E-state index in [0.29, 0.717) is 0 Å². The Morgan fingerprint density at radius 2 is 2.00 bits per heavy atom. The van der Waals surface area contributed by atoms with Crippen molar-refractivity contribution in [3.05, 3.63) is 30.3 Å². The Kier molecular flexibility index (Phi) is 7.13. The standard InChI is InChI=1S/C15H16N2O5S2/c18-12(16-6-7-17-13(19)9-24-15(17)21)8-22-14(20)10-23-11-4-2-1-3-5-11/h1-5H,6-10H2,(H,16,18). The van der Waals surface area contributed by atoms with E-state index in [9.17, 15) is 19.2 Å². The summed E-state index contributed by atoms with van der Waals surface area (Å²) in [6.45, 7) is -0.133. The minimum atomic E-state index is -0.486. The minimum absolute atomic E-state index is 0.116. The first kappa shape index (κ1) is 18.3. The molecule has 0 bridgehead atoms. The van der Waals surface area contributed by atoms with Crippen LogP contribution in [0.2, 0.25) is 0 Å². The third kappa shape index (κ3) is 5.89. The lowest BCUT2D eigenvalue weighted by atomic mass is 10.4. The van der Waals surface area contributed by atoms with Gasteiger partial charge in [0.2, 0.25) is 5.91 Å². The second kappa shape index (κ2) is 9.33.